The number of para-hydroxylation sites is 1. The molecular weight excluding hydrogens is 348 g/mol. The predicted molar refractivity (Wildman–Crippen MR) is 110 cm³/mol. The lowest BCUT2D eigenvalue weighted by molar-refractivity contribution is 0.0737. The first kappa shape index (κ1) is 17.9. The Morgan fingerprint density at radius 3 is 2.64 bits per heavy atom. The molecule has 0 unspecified atom stereocenters. The van der Waals surface area contributed by atoms with Gasteiger partial charge in [-0.3, -0.25) is 9.78 Å². The van der Waals surface area contributed by atoms with Crippen molar-refractivity contribution in [1.29, 1.82) is 0 Å². The number of carbonyl (C=O) groups is 1. The van der Waals surface area contributed by atoms with Gasteiger partial charge in [0.15, 0.2) is 0 Å². The van der Waals surface area contributed by atoms with Crippen LogP contribution in [-0.4, -0.2) is 32.3 Å². The van der Waals surface area contributed by atoms with Gasteiger partial charge in [0.2, 0.25) is 0 Å². The van der Waals surface area contributed by atoms with Gasteiger partial charge in [-0.15, -0.1) is 0 Å². The van der Waals surface area contributed by atoms with E-state index in [9.17, 15) is 4.79 Å². The van der Waals surface area contributed by atoms with Gasteiger partial charge in [0, 0.05) is 30.5 Å². The Bertz CT molecular complexity index is 1040. The van der Waals surface area contributed by atoms with Gasteiger partial charge in [0.05, 0.1) is 17.6 Å². The molecule has 1 amide bonds. The normalized spacial score (nSPS) is 10.9. The van der Waals surface area contributed by atoms with E-state index in [2.05, 4.69) is 27.1 Å². The molecule has 4 aromatic rings. The summed E-state index contributed by atoms with van der Waals surface area (Å²) in [6, 6.07) is 20.1. The van der Waals surface area contributed by atoms with E-state index in [4.69, 9.17) is 0 Å². The van der Waals surface area contributed by atoms with Crippen molar-refractivity contribution < 1.29 is 4.79 Å². The zero-order valence-electron chi connectivity index (χ0n) is 15.6. The number of hydrogen-bond acceptors (Lipinski definition) is 3. The van der Waals surface area contributed by atoms with Crippen LogP contribution in [0.3, 0.4) is 0 Å². The van der Waals surface area contributed by atoms with Gasteiger partial charge in [-0.05, 0) is 30.5 Å². The zero-order chi connectivity index (χ0) is 19.2. The number of amides is 1. The second-order valence-corrected chi connectivity index (χ2v) is 6.77. The molecule has 0 aliphatic heterocycles. The maximum Gasteiger partial charge on any atom is 0.255 e. The fraction of sp³-hybridized carbons (Fsp3) is 0.174. The minimum Gasteiger partial charge on any atom is -0.347 e. The van der Waals surface area contributed by atoms with Gasteiger partial charge in [0.1, 0.15) is 5.82 Å². The van der Waals surface area contributed by atoms with Crippen molar-refractivity contribution >= 4 is 16.8 Å². The van der Waals surface area contributed by atoms with E-state index in [1.165, 1.54) is 5.56 Å². The zero-order valence-corrected chi connectivity index (χ0v) is 15.6. The van der Waals surface area contributed by atoms with E-state index in [1.54, 1.807) is 18.6 Å². The van der Waals surface area contributed by atoms with Gasteiger partial charge in [-0.25, -0.2) is 4.98 Å². The lowest BCUT2D eigenvalue weighted by Crippen LogP contribution is -2.32. The minimum absolute atomic E-state index is 0.0253. The molecule has 0 spiro atoms. The number of carbonyl (C=O) groups excluding carboxylic acids is 1. The number of aromatic nitrogens is 3. The van der Waals surface area contributed by atoms with Crippen molar-refractivity contribution in [3.05, 3.63) is 96.2 Å². The molecule has 0 saturated heterocycles. The molecule has 5 heteroatoms. The second kappa shape index (κ2) is 8.48. The highest BCUT2D eigenvalue weighted by molar-refractivity contribution is 5.97. The first-order valence-corrected chi connectivity index (χ1v) is 9.46. The summed E-state index contributed by atoms with van der Waals surface area (Å²) < 4.78 is 0. The third-order valence-electron chi connectivity index (χ3n) is 4.76. The number of H-pyrrole nitrogens is 1. The average molecular weight is 370 g/mol. The number of pyridine rings is 1. The highest BCUT2D eigenvalue weighted by Crippen LogP contribution is 2.16. The molecule has 1 N–H and O–H groups in total. The molecule has 2 heterocycles. The molecule has 0 bridgehead atoms. The lowest BCUT2D eigenvalue weighted by atomic mass is 10.1. The predicted octanol–water partition coefficient (Wildman–Crippen LogP) is 4.23. The highest BCUT2D eigenvalue weighted by atomic mass is 16.2. The summed E-state index contributed by atoms with van der Waals surface area (Å²) in [6.07, 6.45) is 6.96. The molecule has 0 aliphatic rings. The van der Waals surface area contributed by atoms with Gasteiger partial charge in [-0.1, -0.05) is 48.5 Å². The van der Waals surface area contributed by atoms with E-state index in [-0.39, 0.29) is 5.91 Å². The van der Waals surface area contributed by atoms with Crippen molar-refractivity contribution in [3.8, 4) is 0 Å². The summed E-state index contributed by atoms with van der Waals surface area (Å²) in [6.45, 7) is 1.11. The standard InChI is InChI=1S/C23H22N4O/c28-23(20-15-19-10-4-5-11-21(19)26-16-20)27(17-22-24-12-13-25-22)14-6-9-18-7-2-1-3-8-18/h1-5,7-8,10-13,15-16H,6,9,14,17H2,(H,24,25). The lowest BCUT2D eigenvalue weighted by Gasteiger charge is -2.22. The van der Waals surface area contributed by atoms with Crippen LogP contribution in [-0.2, 0) is 13.0 Å². The van der Waals surface area contributed by atoms with Crippen LogP contribution in [0.4, 0.5) is 0 Å². The highest BCUT2D eigenvalue weighted by Gasteiger charge is 2.18. The van der Waals surface area contributed by atoms with Gasteiger partial charge < -0.3 is 9.88 Å². The molecular formula is C23H22N4O. The van der Waals surface area contributed by atoms with Gasteiger partial charge in [-0.2, -0.15) is 0 Å². The second-order valence-electron chi connectivity index (χ2n) is 6.77. The van der Waals surface area contributed by atoms with E-state index < -0.39 is 0 Å². The SMILES string of the molecule is O=C(c1cnc2ccccc2c1)N(CCCc1ccccc1)Cc1ncc[nH]1. The fourth-order valence-corrected chi connectivity index (χ4v) is 3.31. The van der Waals surface area contributed by atoms with Crippen LogP contribution in [0, 0.1) is 0 Å². The quantitative estimate of drug-likeness (QED) is 0.529. The summed E-state index contributed by atoms with van der Waals surface area (Å²) in [5.41, 5.74) is 2.77. The van der Waals surface area contributed by atoms with Crippen molar-refractivity contribution in [2.24, 2.45) is 0 Å². The number of imidazole rings is 1. The van der Waals surface area contributed by atoms with Crippen LogP contribution < -0.4 is 0 Å². The van der Waals surface area contributed by atoms with Crippen LogP contribution in [0.15, 0.2) is 79.3 Å². The molecule has 28 heavy (non-hydrogen) atoms. The largest absolute Gasteiger partial charge is 0.347 e. The third kappa shape index (κ3) is 4.26. The average Bonchev–Trinajstić information content (AvgIpc) is 3.26. The number of aryl methyl sites for hydroxylation is 1. The number of benzene rings is 2. The van der Waals surface area contributed by atoms with Crippen LogP contribution in [0.1, 0.15) is 28.2 Å². The Morgan fingerprint density at radius 1 is 1.00 bits per heavy atom. The van der Waals surface area contributed by atoms with E-state index in [1.807, 2.05) is 53.4 Å². The summed E-state index contributed by atoms with van der Waals surface area (Å²) in [4.78, 5) is 26.9. The van der Waals surface area contributed by atoms with Gasteiger partial charge >= 0.3 is 0 Å². The summed E-state index contributed by atoms with van der Waals surface area (Å²) in [7, 11) is 0. The molecule has 0 fully saturated rings. The third-order valence-corrected chi connectivity index (χ3v) is 4.76. The van der Waals surface area contributed by atoms with E-state index >= 15 is 0 Å². The summed E-state index contributed by atoms with van der Waals surface area (Å²) in [5.74, 6) is 0.754. The summed E-state index contributed by atoms with van der Waals surface area (Å²) >= 11 is 0. The number of aromatic amines is 1. The Kier molecular flexibility index (Phi) is 5.43. The summed E-state index contributed by atoms with van der Waals surface area (Å²) in [5, 5.41) is 0.968. The Hall–Kier alpha value is -3.47. The minimum atomic E-state index is -0.0253. The van der Waals surface area contributed by atoms with Crippen molar-refractivity contribution in [2.75, 3.05) is 6.54 Å². The molecule has 4 rings (SSSR count). The number of fused-ring (bicyclic) bond motifs is 1. The first-order valence-electron chi connectivity index (χ1n) is 9.46. The maximum absolute atomic E-state index is 13.2. The van der Waals surface area contributed by atoms with Crippen LogP contribution in [0.5, 0.6) is 0 Å². The van der Waals surface area contributed by atoms with E-state index in [0.717, 1.165) is 29.6 Å². The molecule has 5 nitrogen and oxygen atoms in total. The first-order chi connectivity index (χ1) is 13.8. The van der Waals surface area contributed by atoms with Crippen LogP contribution in [0.2, 0.25) is 0 Å². The van der Waals surface area contributed by atoms with Crippen molar-refractivity contribution in [3.63, 3.8) is 0 Å². The molecule has 0 atom stereocenters. The van der Waals surface area contributed by atoms with Crippen molar-refractivity contribution in [1.82, 2.24) is 19.9 Å². The molecule has 2 aromatic heterocycles. The number of hydrogen-bond donors (Lipinski definition) is 1. The smallest absolute Gasteiger partial charge is 0.255 e. The topological polar surface area (TPSA) is 61.9 Å². The Morgan fingerprint density at radius 2 is 1.82 bits per heavy atom. The number of nitrogens with zero attached hydrogens (tertiary/aromatic N) is 3. The van der Waals surface area contributed by atoms with Crippen molar-refractivity contribution in [2.45, 2.75) is 19.4 Å². The fourth-order valence-electron chi connectivity index (χ4n) is 3.31. The monoisotopic (exact) mass is 370 g/mol. The number of rotatable bonds is 7. The molecule has 2 aromatic carbocycles. The Labute approximate surface area is 164 Å². The van der Waals surface area contributed by atoms with E-state index in [0.29, 0.717) is 18.7 Å². The molecule has 0 saturated carbocycles. The maximum atomic E-state index is 13.2. The molecule has 140 valence electrons. The number of nitrogens with one attached hydrogen (secondary N) is 1. The van der Waals surface area contributed by atoms with Crippen LogP contribution in [0.25, 0.3) is 10.9 Å². The molecule has 0 radical (unpaired) electrons. The Balaban J connectivity index is 1.51. The van der Waals surface area contributed by atoms with Gasteiger partial charge in [0.25, 0.3) is 5.91 Å². The molecule has 0 aliphatic carbocycles. The van der Waals surface area contributed by atoms with Crippen LogP contribution >= 0.6 is 0 Å².